The van der Waals surface area contributed by atoms with Crippen LogP contribution in [0.3, 0.4) is 0 Å². The zero-order valence-corrected chi connectivity index (χ0v) is 12.9. The van der Waals surface area contributed by atoms with Crippen LogP contribution in [0.25, 0.3) is 6.08 Å². The van der Waals surface area contributed by atoms with Crippen molar-refractivity contribution >= 4 is 23.2 Å². The number of ether oxygens (including phenoxy) is 1. The van der Waals surface area contributed by atoms with Gasteiger partial charge < -0.3 is 15.0 Å². The van der Waals surface area contributed by atoms with E-state index in [2.05, 4.69) is 5.32 Å². The smallest absolute Gasteiger partial charge is 0.211 e. The van der Waals surface area contributed by atoms with E-state index in [1.807, 2.05) is 67.5 Å². The zero-order valence-electron chi connectivity index (χ0n) is 12.9. The van der Waals surface area contributed by atoms with Crippen molar-refractivity contribution in [3.63, 3.8) is 0 Å². The highest BCUT2D eigenvalue weighted by Crippen LogP contribution is 2.31. The standard InChI is InChI=1S/C18H18N2O2/c1-20(2)13-9-8-12(17(11-13)22-3)10-16-18(21)14-6-4-5-7-15(14)19-16/h4-11,19H,1-3H3. The third-order valence-corrected chi connectivity index (χ3v) is 3.72. The number of anilines is 2. The lowest BCUT2D eigenvalue weighted by Crippen LogP contribution is -2.08. The molecule has 0 aliphatic carbocycles. The monoisotopic (exact) mass is 294 g/mol. The molecule has 4 nitrogen and oxygen atoms in total. The lowest BCUT2D eigenvalue weighted by molar-refractivity contribution is 0.104. The van der Waals surface area contributed by atoms with Crippen LogP contribution in [0, 0.1) is 0 Å². The van der Waals surface area contributed by atoms with Gasteiger partial charge in [0, 0.05) is 42.7 Å². The molecular formula is C18H18N2O2. The van der Waals surface area contributed by atoms with Gasteiger partial charge in [-0.2, -0.15) is 0 Å². The van der Waals surface area contributed by atoms with E-state index >= 15 is 0 Å². The maximum atomic E-state index is 12.4. The molecule has 1 heterocycles. The van der Waals surface area contributed by atoms with Crippen molar-refractivity contribution in [3.05, 3.63) is 59.3 Å². The van der Waals surface area contributed by atoms with Gasteiger partial charge in [0.25, 0.3) is 0 Å². The normalized spacial score (nSPS) is 14.7. The van der Waals surface area contributed by atoms with E-state index in [-0.39, 0.29) is 5.78 Å². The van der Waals surface area contributed by atoms with Crippen LogP contribution in [0.1, 0.15) is 15.9 Å². The number of para-hydroxylation sites is 1. The van der Waals surface area contributed by atoms with Crippen LogP contribution in [0.2, 0.25) is 0 Å². The van der Waals surface area contributed by atoms with E-state index < -0.39 is 0 Å². The van der Waals surface area contributed by atoms with E-state index in [1.165, 1.54) is 0 Å². The average molecular weight is 294 g/mol. The first-order chi connectivity index (χ1) is 10.6. The van der Waals surface area contributed by atoms with E-state index in [1.54, 1.807) is 7.11 Å². The van der Waals surface area contributed by atoms with Crippen molar-refractivity contribution in [2.75, 3.05) is 31.4 Å². The summed E-state index contributed by atoms with van der Waals surface area (Å²) in [6, 6.07) is 13.4. The number of hydrogen-bond donors (Lipinski definition) is 1. The molecule has 0 amide bonds. The quantitative estimate of drug-likeness (QED) is 0.881. The fourth-order valence-corrected chi connectivity index (χ4v) is 2.49. The molecule has 3 rings (SSSR count). The van der Waals surface area contributed by atoms with E-state index in [0.29, 0.717) is 11.3 Å². The molecule has 22 heavy (non-hydrogen) atoms. The van der Waals surface area contributed by atoms with Gasteiger partial charge in [-0.05, 0) is 30.3 Å². The largest absolute Gasteiger partial charge is 0.496 e. The number of Topliss-reactive ketones (excluding diaryl/α,β-unsaturated/α-hetero) is 1. The summed E-state index contributed by atoms with van der Waals surface area (Å²) in [4.78, 5) is 14.4. The molecule has 1 N–H and O–H groups in total. The summed E-state index contributed by atoms with van der Waals surface area (Å²) in [6.45, 7) is 0. The van der Waals surface area contributed by atoms with Crippen molar-refractivity contribution < 1.29 is 9.53 Å². The van der Waals surface area contributed by atoms with Crippen molar-refractivity contribution in [2.24, 2.45) is 0 Å². The fourth-order valence-electron chi connectivity index (χ4n) is 2.49. The Morgan fingerprint density at radius 2 is 1.91 bits per heavy atom. The van der Waals surface area contributed by atoms with Gasteiger partial charge in [0.1, 0.15) is 5.75 Å². The Bertz CT molecular complexity index is 763. The maximum absolute atomic E-state index is 12.4. The van der Waals surface area contributed by atoms with Crippen LogP contribution >= 0.6 is 0 Å². The topological polar surface area (TPSA) is 41.6 Å². The maximum Gasteiger partial charge on any atom is 0.211 e. The molecule has 112 valence electrons. The number of benzene rings is 2. The van der Waals surface area contributed by atoms with Crippen LogP contribution in [0.5, 0.6) is 5.75 Å². The highest BCUT2D eigenvalue weighted by molar-refractivity contribution is 6.20. The molecule has 2 aromatic carbocycles. The van der Waals surface area contributed by atoms with Crippen molar-refractivity contribution in [1.29, 1.82) is 0 Å². The Kier molecular flexibility index (Phi) is 3.59. The minimum absolute atomic E-state index is 0.00865. The SMILES string of the molecule is COc1cc(N(C)C)ccc1C=C1Nc2ccccc2C1=O. The summed E-state index contributed by atoms with van der Waals surface area (Å²) >= 11 is 0. The van der Waals surface area contributed by atoms with E-state index in [9.17, 15) is 4.79 Å². The molecule has 2 aromatic rings. The number of allylic oxidation sites excluding steroid dienone is 1. The number of fused-ring (bicyclic) bond motifs is 1. The minimum Gasteiger partial charge on any atom is -0.496 e. The second-order valence-electron chi connectivity index (χ2n) is 5.38. The van der Waals surface area contributed by atoms with Crippen LogP contribution in [0.4, 0.5) is 11.4 Å². The molecule has 0 atom stereocenters. The second-order valence-corrected chi connectivity index (χ2v) is 5.38. The number of ketones is 1. The number of methoxy groups -OCH3 is 1. The summed E-state index contributed by atoms with van der Waals surface area (Å²) in [5.41, 5.74) is 4.04. The van der Waals surface area contributed by atoms with Crippen LogP contribution in [-0.2, 0) is 0 Å². The van der Waals surface area contributed by atoms with Crippen LogP contribution in [-0.4, -0.2) is 27.0 Å². The number of nitrogens with zero attached hydrogens (tertiary/aromatic N) is 1. The van der Waals surface area contributed by atoms with Crippen LogP contribution in [0.15, 0.2) is 48.2 Å². The van der Waals surface area contributed by atoms with E-state index in [4.69, 9.17) is 4.74 Å². The van der Waals surface area contributed by atoms with Gasteiger partial charge in [-0.1, -0.05) is 12.1 Å². The molecular weight excluding hydrogens is 276 g/mol. The first-order valence-electron chi connectivity index (χ1n) is 7.08. The van der Waals surface area contributed by atoms with Gasteiger partial charge in [-0.3, -0.25) is 4.79 Å². The zero-order chi connectivity index (χ0) is 15.7. The number of hydrogen-bond acceptors (Lipinski definition) is 4. The molecule has 0 radical (unpaired) electrons. The third-order valence-electron chi connectivity index (χ3n) is 3.72. The molecule has 1 aliphatic rings. The molecule has 0 saturated carbocycles. The Morgan fingerprint density at radius 3 is 2.59 bits per heavy atom. The average Bonchev–Trinajstić information content (AvgIpc) is 2.84. The number of carbonyl (C=O) groups excluding carboxylic acids is 1. The predicted molar refractivity (Wildman–Crippen MR) is 89.7 cm³/mol. The van der Waals surface area contributed by atoms with Crippen molar-refractivity contribution in [2.45, 2.75) is 0 Å². The van der Waals surface area contributed by atoms with Gasteiger partial charge in [-0.15, -0.1) is 0 Å². The molecule has 0 unspecified atom stereocenters. The third kappa shape index (κ3) is 2.44. The molecule has 0 spiro atoms. The first kappa shape index (κ1) is 14.2. The van der Waals surface area contributed by atoms with Crippen molar-refractivity contribution in [1.82, 2.24) is 0 Å². The number of rotatable bonds is 3. The predicted octanol–water partition coefficient (Wildman–Crippen LogP) is 3.41. The molecule has 0 aromatic heterocycles. The molecule has 0 fully saturated rings. The van der Waals surface area contributed by atoms with Gasteiger partial charge in [0.05, 0.1) is 12.8 Å². The first-order valence-corrected chi connectivity index (χ1v) is 7.08. The summed E-state index contributed by atoms with van der Waals surface area (Å²) in [5.74, 6) is 0.749. The fraction of sp³-hybridized carbons (Fsp3) is 0.167. The summed E-state index contributed by atoms with van der Waals surface area (Å²) in [7, 11) is 5.59. The lowest BCUT2D eigenvalue weighted by Gasteiger charge is -2.15. The highest BCUT2D eigenvalue weighted by atomic mass is 16.5. The summed E-state index contributed by atoms with van der Waals surface area (Å²) in [5, 5.41) is 3.17. The second kappa shape index (κ2) is 5.56. The Balaban J connectivity index is 1.98. The summed E-state index contributed by atoms with van der Waals surface area (Å²) < 4.78 is 5.45. The van der Waals surface area contributed by atoms with E-state index in [0.717, 1.165) is 22.7 Å². The molecule has 1 aliphatic heterocycles. The highest BCUT2D eigenvalue weighted by Gasteiger charge is 2.24. The van der Waals surface area contributed by atoms with Crippen molar-refractivity contribution in [3.8, 4) is 5.75 Å². The summed E-state index contributed by atoms with van der Waals surface area (Å²) in [6.07, 6.45) is 1.83. The Morgan fingerprint density at radius 1 is 1.14 bits per heavy atom. The van der Waals surface area contributed by atoms with Gasteiger partial charge in [-0.25, -0.2) is 0 Å². The van der Waals surface area contributed by atoms with Crippen LogP contribution < -0.4 is 15.0 Å². The Hall–Kier alpha value is -2.75. The minimum atomic E-state index is 0.00865. The van der Waals surface area contributed by atoms with Gasteiger partial charge in [0.15, 0.2) is 0 Å². The molecule has 4 heteroatoms. The lowest BCUT2D eigenvalue weighted by atomic mass is 10.1. The Labute approximate surface area is 130 Å². The number of nitrogens with one attached hydrogen (secondary N) is 1. The molecule has 0 saturated heterocycles. The van der Waals surface area contributed by atoms with Gasteiger partial charge >= 0.3 is 0 Å². The number of carbonyl (C=O) groups is 1. The van der Waals surface area contributed by atoms with Gasteiger partial charge in [0.2, 0.25) is 5.78 Å². The molecule has 0 bridgehead atoms.